The number of rotatable bonds is 6. The van der Waals surface area contributed by atoms with E-state index < -0.39 is 17.0 Å². The van der Waals surface area contributed by atoms with Gasteiger partial charge in [-0.3, -0.25) is 9.59 Å². The van der Waals surface area contributed by atoms with Gasteiger partial charge in [-0.25, -0.2) is 0 Å². The van der Waals surface area contributed by atoms with Gasteiger partial charge in [0.15, 0.2) is 11.6 Å². The van der Waals surface area contributed by atoms with Crippen LogP contribution in [-0.4, -0.2) is 24.7 Å². The molecular weight excluding hydrogens is 397 g/mol. The summed E-state index contributed by atoms with van der Waals surface area (Å²) in [6.45, 7) is 1.52. The Kier molecular flexibility index (Phi) is 9.89. The van der Waals surface area contributed by atoms with Crippen LogP contribution >= 0.6 is 0 Å². The van der Waals surface area contributed by atoms with Crippen molar-refractivity contribution in [2.75, 3.05) is 13.1 Å². The Morgan fingerprint density at radius 1 is 0.750 bits per heavy atom. The number of carbonyl (C=O) groups is 2. The molecule has 2 N–H and O–H groups in total. The Labute approximate surface area is 147 Å². The molecule has 2 aliphatic rings. The van der Waals surface area contributed by atoms with Crippen molar-refractivity contribution in [3.63, 3.8) is 0 Å². The molecule has 0 heterocycles. The van der Waals surface area contributed by atoms with E-state index in [0.29, 0.717) is 11.1 Å². The Morgan fingerprint density at radius 2 is 1.12 bits per heavy atom. The first-order valence-corrected chi connectivity index (χ1v) is 8.63. The average Bonchev–Trinajstić information content (AvgIpc) is 2.58. The number of hydrogen-bond donors (Lipinski definition) is 2. The second-order valence-electron chi connectivity index (χ2n) is 4.69. The zero-order valence-electron chi connectivity index (χ0n) is 12.9. The molecule has 0 saturated carbocycles. The third-order valence-corrected chi connectivity index (χ3v) is 3.00. The second-order valence-corrected chi connectivity index (χ2v) is 4.97. The number of nitrogens with one attached hydrogen (secondary N) is 2. The van der Waals surface area contributed by atoms with Crippen LogP contribution in [0.15, 0.2) is 72.2 Å². The monoisotopic (exact) mass is 416 g/mol. The summed E-state index contributed by atoms with van der Waals surface area (Å²) >= 11 is -1.79. The fourth-order valence-corrected chi connectivity index (χ4v) is 1.86. The van der Waals surface area contributed by atoms with Crippen LogP contribution in [0.1, 0.15) is 6.42 Å². The summed E-state index contributed by atoms with van der Waals surface area (Å²) in [6.07, 6.45) is 18.2. The van der Waals surface area contributed by atoms with Crippen LogP contribution < -0.4 is 10.6 Å². The number of ketones is 2. The molecule has 0 unspecified atom stereocenters. The first-order valence-electron chi connectivity index (χ1n) is 7.21. The van der Waals surface area contributed by atoms with E-state index in [0.717, 1.165) is 19.5 Å². The van der Waals surface area contributed by atoms with Gasteiger partial charge in [-0.15, -0.1) is 0 Å². The number of hydrogen-bond acceptors (Lipinski definition) is 6. The molecule has 0 fully saturated rings. The van der Waals surface area contributed by atoms with Crippen molar-refractivity contribution in [1.29, 1.82) is 0 Å². The fraction of sp³-hybridized carbons (Fsp3) is 0.176. The molecule has 2 rings (SSSR count). The van der Waals surface area contributed by atoms with E-state index in [1.165, 1.54) is 0 Å². The Hall–Kier alpha value is -2.40. The molecule has 128 valence electrons. The van der Waals surface area contributed by atoms with Gasteiger partial charge in [-0.05, 0) is 30.7 Å². The first kappa shape index (κ1) is 19.6. The van der Waals surface area contributed by atoms with Crippen molar-refractivity contribution in [2.45, 2.75) is 6.42 Å². The van der Waals surface area contributed by atoms with Crippen LogP contribution in [0.4, 0.5) is 0 Å². The molecule has 0 amide bonds. The van der Waals surface area contributed by atoms with E-state index in [-0.39, 0.29) is 11.6 Å². The number of allylic oxidation sites excluding steroid dienone is 10. The van der Waals surface area contributed by atoms with E-state index >= 15 is 0 Å². The summed E-state index contributed by atoms with van der Waals surface area (Å²) in [5, 5.41) is 6.22. The predicted molar refractivity (Wildman–Crippen MR) is 84.7 cm³/mol. The standard InChI is InChI=1S/C17H18N2O2.2O.Ru/c20-16-8-3-1-6-14(16)12-18-10-5-11-19-13-15-7-2-4-9-17(15)21;;;/h1-4,6-9,12-13,18-19H,5,10-11H2;;;/b14-12-,15-13-;;;. The van der Waals surface area contributed by atoms with Crippen LogP contribution in [0.5, 0.6) is 0 Å². The Balaban J connectivity index is 0.000000891. The van der Waals surface area contributed by atoms with Gasteiger partial charge in [0, 0.05) is 36.6 Å². The Bertz CT molecular complexity index is 627. The van der Waals surface area contributed by atoms with Gasteiger partial charge in [0.2, 0.25) is 0 Å². The van der Waals surface area contributed by atoms with Crippen molar-refractivity contribution in [3.05, 3.63) is 72.2 Å². The van der Waals surface area contributed by atoms with Crippen LogP contribution in [0.25, 0.3) is 0 Å². The van der Waals surface area contributed by atoms with Crippen molar-refractivity contribution >= 4 is 11.6 Å². The summed E-state index contributed by atoms with van der Waals surface area (Å²) in [5.41, 5.74) is 1.33. The van der Waals surface area contributed by atoms with Crippen LogP contribution in [0.3, 0.4) is 0 Å². The number of carbonyl (C=O) groups excluding carboxylic acids is 2. The van der Waals surface area contributed by atoms with Crippen LogP contribution in [0.2, 0.25) is 0 Å². The summed E-state index contributed by atoms with van der Waals surface area (Å²) in [5.74, 6) is 0.0343. The van der Waals surface area contributed by atoms with E-state index in [1.807, 2.05) is 12.2 Å². The van der Waals surface area contributed by atoms with Gasteiger partial charge >= 0.3 is 24.2 Å². The summed E-state index contributed by atoms with van der Waals surface area (Å²) in [7, 11) is 0. The fourth-order valence-electron chi connectivity index (χ4n) is 1.86. The van der Waals surface area contributed by atoms with Gasteiger partial charge < -0.3 is 10.6 Å². The van der Waals surface area contributed by atoms with Crippen LogP contribution in [0, 0.1) is 0 Å². The molecule has 2 aliphatic carbocycles. The molecule has 24 heavy (non-hydrogen) atoms. The predicted octanol–water partition coefficient (Wildman–Crippen LogP) is 1.47. The van der Waals surface area contributed by atoms with Crippen molar-refractivity contribution < 1.29 is 33.8 Å². The van der Waals surface area contributed by atoms with Gasteiger partial charge in [0.25, 0.3) is 0 Å². The molecule has 0 aliphatic heterocycles. The average molecular weight is 415 g/mol. The summed E-state index contributed by atoms with van der Waals surface area (Å²) in [4.78, 5) is 22.9. The van der Waals surface area contributed by atoms with E-state index in [4.69, 9.17) is 7.15 Å². The summed E-state index contributed by atoms with van der Waals surface area (Å²) in [6, 6.07) is 0. The van der Waals surface area contributed by atoms with Gasteiger partial charge in [0.05, 0.1) is 0 Å². The van der Waals surface area contributed by atoms with Gasteiger partial charge in [-0.2, -0.15) is 0 Å². The maximum absolute atomic E-state index is 11.5. The quantitative estimate of drug-likeness (QED) is 0.388. The van der Waals surface area contributed by atoms with Gasteiger partial charge in [0.1, 0.15) is 0 Å². The molecule has 7 heteroatoms. The van der Waals surface area contributed by atoms with Crippen LogP contribution in [-0.2, 0) is 33.8 Å². The normalized spacial score (nSPS) is 18.7. The first-order chi connectivity index (χ1) is 11.7. The second kappa shape index (κ2) is 12.1. The van der Waals surface area contributed by atoms with Crippen molar-refractivity contribution in [2.24, 2.45) is 0 Å². The molecule has 0 spiro atoms. The molecule has 0 saturated heterocycles. The zero-order valence-corrected chi connectivity index (χ0v) is 14.6. The minimum absolute atomic E-state index is 0.0171. The summed E-state index contributed by atoms with van der Waals surface area (Å²) < 4.78 is 16.9. The molecule has 0 atom stereocenters. The van der Waals surface area contributed by atoms with Crippen molar-refractivity contribution in [3.8, 4) is 0 Å². The molecular formula is C17H18N2O4Ru. The van der Waals surface area contributed by atoms with E-state index in [9.17, 15) is 9.59 Å². The topological polar surface area (TPSA) is 92.3 Å². The van der Waals surface area contributed by atoms with Gasteiger partial charge in [-0.1, -0.05) is 24.3 Å². The maximum atomic E-state index is 11.5. The van der Waals surface area contributed by atoms with E-state index in [1.54, 1.807) is 48.9 Å². The molecule has 0 bridgehead atoms. The third kappa shape index (κ3) is 7.74. The van der Waals surface area contributed by atoms with E-state index in [2.05, 4.69) is 10.6 Å². The van der Waals surface area contributed by atoms with Crippen molar-refractivity contribution in [1.82, 2.24) is 10.6 Å². The molecule has 0 aromatic rings. The zero-order chi connectivity index (χ0) is 17.6. The Morgan fingerprint density at radius 3 is 1.50 bits per heavy atom. The molecule has 0 radical (unpaired) electrons. The third-order valence-electron chi connectivity index (χ3n) is 3.00. The minimum atomic E-state index is -1.79. The molecule has 0 aromatic carbocycles. The molecule has 0 aromatic heterocycles. The molecule has 6 nitrogen and oxygen atoms in total. The SMILES string of the molecule is O=C1C=CC=C/C1=C/NCCCN/C=C1/C=CC=CC1=O.[O]=[Ru]=[O].